The summed E-state index contributed by atoms with van der Waals surface area (Å²) in [7, 11) is -2.25. The van der Waals surface area contributed by atoms with Crippen LogP contribution in [0.5, 0.6) is 0 Å². The number of amides is 1. The molecule has 0 saturated heterocycles. The number of ether oxygens (including phenoxy) is 1. The highest BCUT2D eigenvalue weighted by atomic mass is 32.2. The molecular formula is C31H54N2O5S. The van der Waals surface area contributed by atoms with Crippen LogP contribution in [0, 0.1) is 5.41 Å². The Hall–Kier alpha value is -1.77. The standard InChI is InChI=1S/C31H54N2O5S/c1-6-7-8-9-10-11-12-13-14-15-16-17-18-21-24-38-26-33(5)39(36,37)25-31(3,4)30(35)28-22-19-20-23-29(28)32-27(2)34/h19-20,22-23H,6-18,21,24-26H2,1-5H3,(H,32,34). The Morgan fingerprint density at radius 2 is 1.33 bits per heavy atom. The Kier molecular flexibility index (Phi) is 17.5. The van der Waals surface area contributed by atoms with Gasteiger partial charge in [0.1, 0.15) is 6.73 Å². The number of nitrogens with one attached hydrogen (secondary N) is 1. The van der Waals surface area contributed by atoms with Crippen LogP contribution in [-0.4, -0.2) is 50.6 Å². The zero-order chi connectivity index (χ0) is 29.2. The molecule has 1 aromatic rings. The maximum atomic E-state index is 13.2. The van der Waals surface area contributed by atoms with Crippen molar-refractivity contribution < 1.29 is 22.7 Å². The molecule has 1 rings (SSSR count). The molecule has 0 radical (unpaired) electrons. The number of carbonyl (C=O) groups excluding carboxylic acids is 2. The molecular weight excluding hydrogens is 512 g/mol. The second kappa shape index (κ2) is 19.3. The molecule has 0 saturated carbocycles. The summed E-state index contributed by atoms with van der Waals surface area (Å²) in [4.78, 5) is 24.7. The molecule has 1 N–H and O–H groups in total. The van der Waals surface area contributed by atoms with Gasteiger partial charge in [-0.1, -0.05) is 116 Å². The first-order valence-corrected chi connectivity index (χ1v) is 16.6. The van der Waals surface area contributed by atoms with Gasteiger partial charge in [0, 0.05) is 31.6 Å². The summed E-state index contributed by atoms with van der Waals surface area (Å²) in [5.41, 5.74) is -0.508. The van der Waals surface area contributed by atoms with E-state index in [0.717, 1.165) is 12.8 Å². The number of sulfonamides is 1. The zero-order valence-corrected chi connectivity index (χ0v) is 26.0. The first kappa shape index (κ1) is 35.3. The molecule has 224 valence electrons. The molecule has 0 atom stereocenters. The number of nitrogens with zero attached hydrogens (tertiary/aromatic N) is 1. The number of hydrogen-bond donors (Lipinski definition) is 1. The van der Waals surface area contributed by atoms with Gasteiger partial charge in [0.05, 0.1) is 11.4 Å². The minimum Gasteiger partial charge on any atom is -0.365 e. The predicted molar refractivity (Wildman–Crippen MR) is 162 cm³/mol. The normalized spacial score (nSPS) is 12.2. The van der Waals surface area contributed by atoms with Crippen molar-refractivity contribution in [3.63, 3.8) is 0 Å². The van der Waals surface area contributed by atoms with Gasteiger partial charge in [-0.2, -0.15) is 4.31 Å². The molecule has 0 unspecified atom stereocenters. The highest BCUT2D eigenvalue weighted by molar-refractivity contribution is 7.89. The van der Waals surface area contributed by atoms with E-state index in [0.29, 0.717) is 17.9 Å². The van der Waals surface area contributed by atoms with E-state index in [9.17, 15) is 18.0 Å². The van der Waals surface area contributed by atoms with E-state index in [4.69, 9.17) is 4.74 Å². The molecule has 0 bridgehead atoms. The lowest BCUT2D eigenvalue weighted by atomic mass is 9.85. The number of rotatable bonds is 23. The molecule has 0 aliphatic heterocycles. The van der Waals surface area contributed by atoms with E-state index in [-0.39, 0.29) is 24.2 Å². The molecule has 7 nitrogen and oxygen atoms in total. The van der Waals surface area contributed by atoms with E-state index in [1.165, 1.54) is 95.3 Å². The molecule has 0 aliphatic rings. The Morgan fingerprint density at radius 1 is 0.846 bits per heavy atom. The van der Waals surface area contributed by atoms with Gasteiger partial charge in [0.2, 0.25) is 15.9 Å². The van der Waals surface area contributed by atoms with Crippen LogP contribution in [0.4, 0.5) is 5.69 Å². The molecule has 1 aromatic carbocycles. The monoisotopic (exact) mass is 566 g/mol. The molecule has 39 heavy (non-hydrogen) atoms. The topological polar surface area (TPSA) is 92.8 Å². The molecule has 0 aliphatic carbocycles. The number of unbranched alkanes of at least 4 members (excludes halogenated alkanes) is 13. The van der Waals surface area contributed by atoms with Gasteiger partial charge in [-0.3, -0.25) is 9.59 Å². The first-order chi connectivity index (χ1) is 18.5. The van der Waals surface area contributed by atoms with Crippen molar-refractivity contribution in [2.75, 3.05) is 31.5 Å². The van der Waals surface area contributed by atoms with E-state index >= 15 is 0 Å². The lowest BCUT2D eigenvalue weighted by molar-refractivity contribution is -0.114. The second-order valence-corrected chi connectivity index (χ2v) is 13.5. The fraction of sp³-hybridized carbons (Fsp3) is 0.742. The van der Waals surface area contributed by atoms with Crippen LogP contribution in [0.15, 0.2) is 24.3 Å². The van der Waals surface area contributed by atoms with Crippen LogP contribution in [0.3, 0.4) is 0 Å². The number of para-hydroxylation sites is 1. The fourth-order valence-corrected chi connectivity index (χ4v) is 6.15. The summed E-state index contributed by atoms with van der Waals surface area (Å²) in [6.07, 6.45) is 18.0. The largest absolute Gasteiger partial charge is 0.365 e. The van der Waals surface area contributed by atoms with Crippen molar-refractivity contribution in [1.29, 1.82) is 0 Å². The van der Waals surface area contributed by atoms with Crippen molar-refractivity contribution in [2.24, 2.45) is 5.41 Å². The van der Waals surface area contributed by atoms with Gasteiger partial charge in [-0.05, 0) is 18.6 Å². The predicted octanol–water partition coefficient (Wildman–Crippen LogP) is 7.57. The van der Waals surface area contributed by atoms with Gasteiger partial charge < -0.3 is 10.1 Å². The van der Waals surface area contributed by atoms with Gasteiger partial charge in [0.15, 0.2) is 5.78 Å². The average Bonchev–Trinajstić information content (AvgIpc) is 2.87. The summed E-state index contributed by atoms with van der Waals surface area (Å²) in [6, 6.07) is 6.65. The van der Waals surface area contributed by atoms with E-state index in [1.54, 1.807) is 38.1 Å². The third kappa shape index (κ3) is 15.0. The van der Waals surface area contributed by atoms with Crippen molar-refractivity contribution in [3.05, 3.63) is 29.8 Å². The van der Waals surface area contributed by atoms with Crippen LogP contribution < -0.4 is 5.32 Å². The number of carbonyl (C=O) groups is 2. The SMILES string of the molecule is CCCCCCCCCCCCCCCCOCN(C)S(=O)(=O)CC(C)(C)C(=O)c1ccccc1NC(C)=O. The maximum Gasteiger partial charge on any atom is 0.221 e. The summed E-state index contributed by atoms with van der Waals surface area (Å²) in [5.74, 6) is -0.991. The first-order valence-electron chi connectivity index (χ1n) is 14.9. The van der Waals surface area contributed by atoms with E-state index in [1.807, 2.05) is 0 Å². The van der Waals surface area contributed by atoms with E-state index < -0.39 is 15.4 Å². The maximum absolute atomic E-state index is 13.2. The Labute approximate surface area is 238 Å². The number of hydrogen-bond acceptors (Lipinski definition) is 5. The molecule has 0 aromatic heterocycles. The number of ketones is 1. The van der Waals surface area contributed by atoms with Crippen LogP contribution in [0.2, 0.25) is 0 Å². The summed E-state index contributed by atoms with van der Waals surface area (Å²) < 4.78 is 32.7. The summed E-state index contributed by atoms with van der Waals surface area (Å²) >= 11 is 0. The highest BCUT2D eigenvalue weighted by Crippen LogP contribution is 2.29. The molecule has 0 fully saturated rings. The lowest BCUT2D eigenvalue weighted by Crippen LogP contribution is -2.40. The van der Waals surface area contributed by atoms with Crippen molar-refractivity contribution in [2.45, 2.75) is 118 Å². The quantitative estimate of drug-likeness (QED) is 0.0838. The zero-order valence-electron chi connectivity index (χ0n) is 25.2. The van der Waals surface area contributed by atoms with Crippen LogP contribution in [0.25, 0.3) is 0 Å². The molecule has 0 heterocycles. The van der Waals surface area contributed by atoms with Crippen LogP contribution in [0.1, 0.15) is 128 Å². The third-order valence-corrected chi connectivity index (χ3v) is 9.17. The van der Waals surface area contributed by atoms with Crippen molar-refractivity contribution in [1.82, 2.24) is 4.31 Å². The van der Waals surface area contributed by atoms with Crippen LogP contribution in [-0.2, 0) is 19.6 Å². The molecule has 1 amide bonds. The van der Waals surface area contributed by atoms with Gasteiger partial charge in [0.25, 0.3) is 0 Å². The molecule has 0 spiro atoms. The number of anilines is 1. The average molecular weight is 567 g/mol. The third-order valence-electron chi connectivity index (χ3n) is 7.03. The minimum absolute atomic E-state index is 0.0342. The Morgan fingerprint density at radius 3 is 1.85 bits per heavy atom. The van der Waals surface area contributed by atoms with Crippen molar-refractivity contribution >= 4 is 27.4 Å². The van der Waals surface area contributed by atoms with Gasteiger partial charge in [-0.15, -0.1) is 0 Å². The number of benzene rings is 1. The Balaban J connectivity index is 2.26. The van der Waals surface area contributed by atoms with Gasteiger partial charge >= 0.3 is 0 Å². The van der Waals surface area contributed by atoms with E-state index in [2.05, 4.69) is 12.2 Å². The minimum atomic E-state index is -3.73. The van der Waals surface area contributed by atoms with Crippen LogP contribution >= 0.6 is 0 Å². The second-order valence-electron chi connectivity index (χ2n) is 11.4. The Bertz CT molecular complexity index is 946. The smallest absolute Gasteiger partial charge is 0.221 e. The number of Topliss-reactive ketones (excluding diaryl/α,β-unsaturated/α-hetero) is 1. The fourth-order valence-electron chi connectivity index (χ4n) is 4.65. The van der Waals surface area contributed by atoms with Crippen molar-refractivity contribution in [3.8, 4) is 0 Å². The molecule has 8 heteroatoms. The summed E-state index contributed by atoms with van der Waals surface area (Å²) in [5, 5.41) is 2.65. The van der Waals surface area contributed by atoms with Gasteiger partial charge in [-0.25, -0.2) is 8.42 Å². The summed E-state index contributed by atoms with van der Waals surface area (Å²) in [6.45, 7) is 7.33. The lowest BCUT2D eigenvalue weighted by Gasteiger charge is -2.27. The highest BCUT2D eigenvalue weighted by Gasteiger charge is 2.36.